The van der Waals surface area contributed by atoms with E-state index in [9.17, 15) is 4.79 Å². The van der Waals surface area contributed by atoms with Crippen LogP contribution in [-0.2, 0) is 24.3 Å². The third kappa shape index (κ3) is 5.16. The van der Waals surface area contributed by atoms with Crippen molar-refractivity contribution in [3.8, 4) is 0 Å². The van der Waals surface area contributed by atoms with E-state index in [4.69, 9.17) is 0 Å². The molecule has 1 aliphatic rings. The van der Waals surface area contributed by atoms with E-state index in [1.54, 1.807) is 0 Å². The van der Waals surface area contributed by atoms with Crippen LogP contribution < -0.4 is 5.32 Å². The van der Waals surface area contributed by atoms with Crippen molar-refractivity contribution in [2.75, 3.05) is 13.1 Å². The maximum atomic E-state index is 12.5. The highest BCUT2D eigenvalue weighted by molar-refractivity contribution is 5.76. The van der Waals surface area contributed by atoms with Gasteiger partial charge in [-0.1, -0.05) is 13.0 Å². The normalized spacial score (nSPS) is 18.3. The van der Waals surface area contributed by atoms with Gasteiger partial charge in [-0.3, -0.25) is 19.4 Å². The molecule has 1 saturated heterocycles. The van der Waals surface area contributed by atoms with Gasteiger partial charge in [0.15, 0.2) is 0 Å². The number of pyridine rings is 1. The van der Waals surface area contributed by atoms with Gasteiger partial charge in [0.1, 0.15) is 6.54 Å². The van der Waals surface area contributed by atoms with E-state index >= 15 is 0 Å². The SMILES string of the molecule is CCc1c(C)nn(CC(=O)N[C@@H]2CCCN(Cc3cccnc3)CC2)c1C. The summed E-state index contributed by atoms with van der Waals surface area (Å²) in [4.78, 5) is 19.2. The second kappa shape index (κ2) is 9.13. The Labute approximate surface area is 162 Å². The molecule has 1 amide bonds. The molecule has 1 atom stereocenters. The number of carbonyl (C=O) groups is 1. The van der Waals surface area contributed by atoms with E-state index in [0.717, 1.165) is 56.7 Å². The first-order chi connectivity index (χ1) is 13.1. The molecule has 0 saturated carbocycles. The van der Waals surface area contributed by atoms with Crippen molar-refractivity contribution >= 4 is 5.91 Å². The molecule has 2 aromatic rings. The number of carbonyl (C=O) groups excluding carboxylic acids is 1. The number of aromatic nitrogens is 3. The molecule has 146 valence electrons. The van der Waals surface area contributed by atoms with Gasteiger partial charge in [-0.2, -0.15) is 5.10 Å². The largest absolute Gasteiger partial charge is 0.352 e. The number of nitrogens with zero attached hydrogens (tertiary/aromatic N) is 4. The van der Waals surface area contributed by atoms with Gasteiger partial charge in [0.2, 0.25) is 5.91 Å². The van der Waals surface area contributed by atoms with Gasteiger partial charge < -0.3 is 5.32 Å². The van der Waals surface area contributed by atoms with Crippen molar-refractivity contribution in [2.45, 2.75) is 65.6 Å². The molecule has 3 heterocycles. The van der Waals surface area contributed by atoms with E-state index < -0.39 is 0 Å². The molecule has 6 nitrogen and oxygen atoms in total. The third-order valence-electron chi connectivity index (χ3n) is 5.49. The molecule has 3 rings (SSSR count). The second-order valence-electron chi connectivity index (χ2n) is 7.49. The van der Waals surface area contributed by atoms with Gasteiger partial charge in [-0.05, 0) is 63.3 Å². The fraction of sp³-hybridized carbons (Fsp3) is 0.571. The smallest absolute Gasteiger partial charge is 0.241 e. The fourth-order valence-corrected chi connectivity index (χ4v) is 4.02. The predicted octanol–water partition coefficient (Wildman–Crippen LogP) is 2.63. The fourth-order valence-electron chi connectivity index (χ4n) is 4.02. The first-order valence-electron chi connectivity index (χ1n) is 10.00. The Balaban J connectivity index is 1.50. The maximum Gasteiger partial charge on any atom is 0.241 e. The molecule has 1 N–H and O–H groups in total. The molecular formula is C21H31N5O. The Morgan fingerprint density at radius 2 is 2.15 bits per heavy atom. The minimum atomic E-state index is 0.0639. The topological polar surface area (TPSA) is 63.1 Å². The lowest BCUT2D eigenvalue weighted by Crippen LogP contribution is -2.38. The lowest BCUT2D eigenvalue weighted by molar-refractivity contribution is -0.122. The van der Waals surface area contributed by atoms with Crippen LogP contribution in [0.25, 0.3) is 0 Å². The first kappa shape index (κ1) is 19.5. The van der Waals surface area contributed by atoms with E-state index in [1.807, 2.05) is 37.0 Å². The summed E-state index contributed by atoms with van der Waals surface area (Å²) < 4.78 is 1.84. The van der Waals surface area contributed by atoms with Crippen LogP contribution >= 0.6 is 0 Å². The molecule has 2 aromatic heterocycles. The van der Waals surface area contributed by atoms with Crippen molar-refractivity contribution in [3.63, 3.8) is 0 Å². The van der Waals surface area contributed by atoms with Crippen molar-refractivity contribution in [1.82, 2.24) is 25.0 Å². The monoisotopic (exact) mass is 369 g/mol. The lowest BCUT2D eigenvalue weighted by Gasteiger charge is -2.20. The number of amides is 1. The Hall–Kier alpha value is -2.21. The zero-order valence-corrected chi connectivity index (χ0v) is 16.7. The summed E-state index contributed by atoms with van der Waals surface area (Å²) in [5, 5.41) is 7.76. The van der Waals surface area contributed by atoms with Crippen LogP contribution in [0.4, 0.5) is 0 Å². The molecule has 0 radical (unpaired) electrons. The third-order valence-corrected chi connectivity index (χ3v) is 5.49. The van der Waals surface area contributed by atoms with E-state index in [0.29, 0.717) is 6.54 Å². The second-order valence-corrected chi connectivity index (χ2v) is 7.49. The molecule has 0 unspecified atom stereocenters. The number of nitrogens with one attached hydrogen (secondary N) is 1. The Bertz CT molecular complexity index is 755. The van der Waals surface area contributed by atoms with Crippen molar-refractivity contribution in [2.24, 2.45) is 0 Å². The highest BCUT2D eigenvalue weighted by atomic mass is 16.2. The standard InChI is InChI=1S/C21H31N5O/c1-4-20-16(2)24-26(17(20)3)15-21(27)23-19-8-6-11-25(12-9-19)14-18-7-5-10-22-13-18/h5,7,10,13,19H,4,6,8-9,11-12,14-15H2,1-3H3,(H,23,27)/t19-/m1/s1. The number of hydrogen-bond donors (Lipinski definition) is 1. The van der Waals surface area contributed by atoms with Crippen molar-refractivity contribution in [1.29, 1.82) is 0 Å². The molecular weight excluding hydrogens is 338 g/mol. The summed E-state index contributed by atoms with van der Waals surface area (Å²) in [5.41, 5.74) is 4.64. The summed E-state index contributed by atoms with van der Waals surface area (Å²) in [6.45, 7) is 9.50. The number of rotatable bonds is 6. The van der Waals surface area contributed by atoms with Gasteiger partial charge >= 0.3 is 0 Å². The van der Waals surface area contributed by atoms with Gasteiger partial charge in [-0.25, -0.2) is 0 Å². The average molecular weight is 370 g/mol. The van der Waals surface area contributed by atoms with Crippen LogP contribution in [0.1, 0.15) is 48.7 Å². The minimum absolute atomic E-state index is 0.0639. The van der Waals surface area contributed by atoms with Gasteiger partial charge in [-0.15, -0.1) is 0 Å². The highest BCUT2D eigenvalue weighted by Crippen LogP contribution is 2.15. The molecule has 0 spiro atoms. The zero-order chi connectivity index (χ0) is 19.2. The Kier molecular flexibility index (Phi) is 6.61. The van der Waals surface area contributed by atoms with Crippen LogP contribution in [0.5, 0.6) is 0 Å². The Morgan fingerprint density at radius 3 is 2.85 bits per heavy atom. The molecule has 0 bridgehead atoms. The molecule has 27 heavy (non-hydrogen) atoms. The van der Waals surface area contributed by atoms with Crippen LogP contribution in [0.15, 0.2) is 24.5 Å². The van der Waals surface area contributed by atoms with Gasteiger partial charge in [0, 0.05) is 37.2 Å². The van der Waals surface area contributed by atoms with Crippen molar-refractivity contribution in [3.05, 3.63) is 47.0 Å². The van der Waals surface area contributed by atoms with Crippen molar-refractivity contribution < 1.29 is 4.79 Å². The van der Waals surface area contributed by atoms with E-state index in [1.165, 1.54) is 11.1 Å². The number of aryl methyl sites for hydroxylation is 1. The summed E-state index contributed by atoms with van der Waals surface area (Å²) in [7, 11) is 0. The number of likely N-dealkylation sites (tertiary alicyclic amines) is 1. The first-order valence-corrected chi connectivity index (χ1v) is 10.00. The van der Waals surface area contributed by atoms with Gasteiger partial charge in [0.05, 0.1) is 5.69 Å². The average Bonchev–Trinajstić information content (AvgIpc) is 2.80. The molecule has 6 heteroatoms. The zero-order valence-electron chi connectivity index (χ0n) is 16.7. The number of hydrogen-bond acceptors (Lipinski definition) is 4. The molecule has 1 aliphatic heterocycles. The van der Waals surface area contributed by atoms with Crippen LogP contribution in [0, 0.1) is 13.8 Å². The summed E-state index contributed by atoms with van der Waals surface area (Å²) in [5.74, 6) is 0.0639. The molecule has 1 fully saturated rings. The highest BCUT2D eigenvalue weighted by Gasteiger charge is 2.20. The lowest BCUT2D eigenvalue weighted by atomic mass is 10.1. The van der Waals surface area contributed by atoms with E-state index in [-0.39, 0.29) is 11.9 Å². The van der Waals surface area contributed by atoms with Crippen LogP contribution in [0.3, 0.4) is 0 Å². The Morgan fingerprint density at radius 1 is 1.30 bits per heavy atom. The molecule has 0 aliphatic carbocycles. The van der Waals surface area contributed by atoms with Crippen LogP contribution in [-0.4, -0.2) is 44.7 Å². The van der Waals surface area contributed by atoms with Gasteiger partial charge in [0.25, 0.3) is 0 Å². The maximum absolute atomic E-state index is 12.5. The summed E-state index contributed by atoms with van der Waals surface area (Å²) in [6, 6.07) is 4.36. The quantitative estimate of drug-likeness (QED) is 0.850. The summed E-state index contributed by atoms with van der Waals surface area (Å²) in [6.07, 6.45) is 7.82. The predicted molar refractivity (Wildman–Crippen MR) is 106 cm³/mol. The molecule has 0 aromatic carbocycles. The summed E-state index contributed by atoms with van der Waals surface area (Å²) >= 11 is 0. The minimum Gasteiger partial charge on any atom is -0.352 e. The van der Waals surface area contributed by atoms with Crippen LogP contribution in [0.2, 0.25) is 0 Å². The van der Waals surface area contributed by atoms with E-state index in [2.05, 4.69) is 33.3 Å².